The first-order chi connectivity index (χ1) is 5.95. The van der Waals surface area contributed by atoms with Gasteiger partial charge in [0, 0.05) is 5.56 Å². The molecule has 0 aliphatic rings. The van der Waals surface area contributed by atoms with Crippen molar-refractivity contribution in [2.75, 3.05) is 0 Å². The second-order valence-electron chi connectivity index (χ2n) is 2.59. The predicted octanol–water partition coefficient (Wildman–Crippen LogP) is -2.28. The minimum absolute atomic E-state index is 0. The number of hydrogen-bond acceptors (Lipinski definition) is 4. The average molecular weight is 222 g/mol. The van der Waals surface area contributed by atoms with E-state index in [0.29, 0.717) is 11.8 Å². The third-order valence-corrected chi connectivity index (χ3v) is 2.50. The molecule has 70 valence electrons. The van der Waals surface area contributed by atoms with Crippen LogP contribution in [-0.4, -0.2) is 19.3 Å². The molecule has 0 aromatic heterocycles. The van der Waals surface area contributed by atoms with Gasteiger partial charge in [-0.05, 0) is 24.6 Å². The number of aldehydes is 1. The molecule has 0 saturated heterocycles. The largest absolute Gasteiger partial charge is 1.00 e. The van der Waals surface area contributed by atoms with Gasteiger partial charge in [0.05, 0.1) is 4.90 Å². The summed E-state index contributed by atoms with van der Waals surface area (Å²) in [6.07, 6.45) is 0.518. The van der Waals surface area contributed by atoms with Gasteiger partial charge in [0.1, 0.15) is 16.4 Å². The maximum Gasteiger partial charge on any atom is 1.00 e. The van der Waals surface area contributed by atoms with Gasteiger partial charge in [-0.3, -0.25) is 4.79 Å². The van der Waals surface area contributed by atoms with Crippen molar-refractivity contribution in [1.82, 2.24) is 0 Å². The van der Waals surface area contributed by atoms with Crippen molar-refractivity contribution in [3.63, 3.8) is 0 Å². The molecule has 0 bridgehead atoms. The van der Waals surface area contributed by atoms with Gasteiger partial charge in [-0.1, -0.05) is 6.07 Å². The number of aryl methyl sites for hydroxylation is 1. The molecule has 0 radical (unpaired) electrons. The summed E-state index contributed by atoms with van der Waals surface area (Å²) in [5.41, 5.74) is 0.860. The first-order valence-electron chi connectivity index (χ1n) is 3.47. The van der Waals surface area contributed by atoms with Gasteiger partial charge in [-0.15, -0.1) is 0 Å². The van der Waals surface area contributed by atoms with Crippen LogP contribution >= 0.6 is 0 Å². The molecule has 0 spiro atoms. The molecule has 1 aromatic rings. The number of carbonyl (C=O) groups is 1. The molecule has 4 nitrogen and oxygen atoms in total. The zero-order valence-electron chi connectivity index (χ0n) is 7.85. The molecule has 0 heterocycles. The fourth-order valence-electron chi connectivity index (χ4n) is 0.901. The Hall–Kier alpha value is -0.200. The molecule has 0 unspecified atom stereocenters. The van der Waals surface area contributed by atoms with E-state index in [0.717, 1.165) is 6.07 Å². The SMILES string of the molecule is Cc1ccc(S(=O)(=O)[O-])cc1C=O.[Na+]. The van der Waals surface area contributed by atoms with E-state index in [1.54, 1.807) is 6.92 Å². The Morgan fingerprint density at radius 1 is 1.36 bits per heavy atom. The van der Waals surface area contributed by atoms with Crippen molar-refractivity contribution in [3.8, 4) is 0 Å². The summed E-state index contributed by atoms with van der Waals surface area (Å²) in [5, 5.41) is 0. The fraction of sp³-hybridized carbons (Fsp3) is 0.125. The molecule has 1 rings (SSSR count). The molecule has 0 saturated carbocycles. The quantitative estimate of drug-likeness (QED) is 0.321. The van der Waals surface area contributed by atoms with E-state index in [1.807, 2.05) is 0 Å². The molecule has 1 aromatic carbocycles. The minimum atomic E-state index is -4.46. The standard InChI is InChI=1S/C8H8O4S.Na/c1-6-2-3-8(13(10,11)12)4-7(6)5-9;/h2-5H,1H3,(H,10,11,12);/q;+1/p-1. The molecule has 0 aliphatic heterocycles. The third-order valence-electron chi connectivity index (χ3n) is 1.67. The summed E-state index contributed by atoms with van der Waals surface area (Å²) in [6.45, 7) is 1.66. The first-order valence-corrected chi connectivity index (χ1v) is 4.87. The maximum atomic E-state index is 10.5. The van der Waals surface area contributed by atoms with Gasteiger partial charge >= 0.3 is 29.6 Å². The molecule has 0 amide bonds. The summed E-state index contributed by atoms with van der Waals surface area (Å²) < 4.78 is 31.6. The molecule has 0 atom stereocenters. The molecule has 14 heavy (non-hydrogen) atoms. The van der Waals surface area contributed by atoms with Crippen molar-refractivity contribution < 1.29 is 47.3 Å². The van der Waals surface area contributed by atoms with Gasteiger partial charge in [-0.2, -0.15) is 0 Å². The van der Waals surface area contributed by atoms with E-state index in [4.69, 9.17) is 0 Å². The Morgan fingerprint density at radius 2 is 1.93 bits per heavy atom. The molecule has 0 N–H and O–H groups in total. The van der Waals surface area contributed by atoms with Crippen molar-refractivity contribution in [2.45, 2.75) is 11.8 Å². The molecule has 6 heteroatoms. The molecular weight excluding hydrogens is 215 g/mol. The van der Waals surface area contributed by atoms with Crippen LogP contribution in [0.15, 0.2) is 23.1 Å². The van der Waals surface area contributed by atoms with Crippen LogP contribution in [0.25, 0.3) is 0 Å². The van der Waals surface area contributed by atoms with Crippen LogP contribution in [0.3, 0.4) is 0 Å². The molecule has 0 fully saturated rings. The zero-order valence-corrected chi connectivity index (χ0v) is 10.7. The van der Waals surface area contributed by atoms with Gasteiger partial charge < -0.3 is 4.55 Å². The van der Waals surface area contributed by atoms with Gasteiger partial charge in [0.2, 0.25) is 0 Å². The van der Waals surface area contributed by atoms with Crippen LogP contribution in [0.2, 0.25) is 0 Å². The monoisotopic (exact) mass is 222 g/mol. The topological polar surface area (TPSA) is 74.3 Å². The summed E-state index contributed by atoms with van der Waals surface area (Å²) in [7, 11) is -4.46. The normalized spacial score (nSPS) is 10.4. The Kier molecular flexibility index (Phi) is 4.97. The minimum Gasteiger partial charge on any atom is -0.744 e. The van der Waals surface area contributed by atoms with E-state index < -0.39 is 10.1 Å². The van der Waals surface area contributed by atoms with E-state index in [2.05, 4.69) is 0 Å². The van der Waals surface area contributed by atoms with Crippen LogP contribution < -0.4 is 29.6 Å². The smallest absolute Gasteiger partial charge is 0.744 e. The van der Waals surface area contributed by atoms with E-state index >= 15 is 0 Å². The van der Waals surface area contributed by atoms with Gasteiger partial charge in [0.15, 0.2) is 0 Å². The summed E-state index contributed by atoms with van der Waals surface area (Å²) in [4.78, 5) is 10.0. The molecular formula is C8H7NaO4S. The second-order valence-corrected chi connectivity index (χ2v) is 3.97. The van der Waals surface area contributed by atoms with Crippen LogP contribution in [0, 0.1) is 6.92 Å². The fourth-order valence-corrected chi connectivity index (χ4v) is 1.41. The number of rotatable bonds is 2. The maximum absolute atomic E-state index is 10.5. The van der Waals surface area contributed by atoms with Crippen LogP contribution in [0.5, 0.6) is 0 Å². The number of benzene rings is 1. The van der Waals surface area contributed by atoms with Crippen LogP contribution in [-0.2, 0) is 10.1 Å². The zero-order chi connectivity index (χ0) is 10.1. The number of hydrogen-bond donors (Lipinski definition) is 0. The summed E-state index contributed by atoms with van der Waals surface area (Å²) >= 11 is 0. The third kappa shape index (κ3) is 3.18. The van der Waals surface area contributed by atoms with Crippen LogP contribution in [0.1, 0.15) is 15.9 Å². The van der Waals surface area contributed by atoms with Gasteiger partial charge in [0.25, 0.3) is 0 Å². The van der Waals surface area contributed by atoms with E-state index in [1.165, 1.54) is 12.1 Å². The number of carbonyl (C=O) groups excluding carboxylic acids is 1. The molecule has 0 aliphatic carbocycles. The Bertz CT molecular complexity index is 439. The van der Waals surface area contributed by atoms with E-state index in [-0.39, 0.29) is 40.0 Å². The van der Waals surface area contributed by atoms with Gasteiger partial charge in [-0.25, -0.2) is 8.42 Å². The van der Waals surface area contributed by atoms with Crippen molar-refractivity contribution >= 4 is 16.4 Å². The summed E-state index contributed by atoms with van der Waals surface area (Å²) in [6, 6.07) is 3.68. The van der Waals surface area contributed by atoms with Crippen molar-refractivity contribution in [3.05, 3.63) is 29.3 Å². The Labute approximate surface area is 104 Å². The Balaban J connectivity index is 0.00000169. The Morgan fingerprint density at radius 3 is 2.36 bits per heavy atom. The first kappa shape index (κ1) is 13.8. The van der Waals surface area contributed by atoms with Crippen LogP contribution in [0.4, 0.5) is 0 Å². The van der Waals surface area contributed by atoms with Crippen molar-refractivity contribution in [1.29, 1.82) is 0 Å². The second kappa shape index (κ2) is 5.04. The van der Waals surface area contributed by atoms with Crippen molar-refractivity contribution in [2.24, 2.45) is 0 Å². The van der Waals surface area contributed by atoms with E-state index in [9.17, 15) is 17.8 Å². The summed E-state index contributed by atoms with van der Waals surface area (Å²) in [5.74, 6) is 0. The predicted molar refractivity (Wildman–Crippen MR) is 44.5 cm³/mol. The average Bonchev–Trinajstić information content (AvgIpc) is 2.03.